The van der Waals surface area contributed by atoms with Gasteiger partial charge >= 0.3 is 0 Å². The molecule has 1 atom stereocenters. The first-order valence-corrected chi connectivity index (χ1v) is 8.49. The van der Waals surface area contributed by atoms with Crippen LogP contribution in [0.2, 0.25) is 0 Å². The zero-order chi connectivity index (χ0) is 17.2. The van der Waals surface area contributed by atoms with E-state index < -0.39 is 0 Å². The molecule has 0 heterocycles. The molecule has 0 aromatic heterocycles. The summed E-state index contributed by atoms with van der Waals surface area (Å²) in [6, 6.07) is 15.7. The Bertz CT molecular complexity index is 615. The topological polar surface area (TPSA) is 39.7 Å². The van der Waals surface area contributed by atoms with E-state index in [9.17, 15) is 0 Å². The lowest BCUT2D eigenvalue weighted by Gasteiger charge is -2.18. The van der Waals surface area contributed by atoms with Gasteiger partial charge in [0.25, 0.3) is 0 Å². The summed E-state index contributed by atoms with van der Waals surface area (Å²) in [6.45, 7) is 5.63. The van der Waals surface area contributed by atoms with E-state index in [1.54, 1.807) is 7.11 Å². The average Bonchev–Trinajstić information content (AvgIpc) is 2.61. The van der Waals surface area contributed by atoms with E-state index in [4.69, 9.17) is 14.2 Å². The molecule has 0 spiro atoms. The predicted octanol–water partition coefficient (Wildman–Crippen LogP) is 4.75. The van der Waals surface area contributed by atoms with Crippen molar-refractivity contribution >= 4 is 5.69 Å². The normalized spacial score (nSPS) is 11.6. The number of ether oxygens (including phenoxy) is 3. The second kappa shape index (κ2) is 9.71. The smallest absolute Gasteiger partial charge is 0.161 e. The maximum Gasteiger partial charge on any atom is 0.161 e. The van der Waals surface area contributed by atoms with E-state index in [1.807, 2.05) is 55.5 Å². The molecule has 2 rings (SSSR count). The summed E-state index contributed by atoms with van der Waals surface area (Å²) in [5.41, 5.74) is 1.03. The van der Waals surface area contributed by atoms with Gasteiger partial charge in [-0.05, 0) is 37.6 Å². The molecule has 24 heavy (non-hydrogen) atoms. The molecule has 0 saturated heterocycles. The molecule has 4 nitrogen and oxygen atoms in total. The van der Waals surface area contributed by atoms with Crippen molar-refractivity contribution in [2.45, 2.75) is 32.8 Å². The summed E-state index contributed by atoms with van der Waals surface area (Å²) >= 11 is 0. The zero-order valence-electron chi connectivity index (χ0n) is 14.7. The van der Waals surface area contributed by atoms with Crippen LogP contribution in [-0.2, 0) is 0 Å². The number of methoxy groups -OCH3 is 1. The van der Waals surface area contributed by atoms with Gasteiger partial charge in [0.15, 0.2) is 11.5 Å². The van der Waals surface area contributed by atoms with Gasteiger partial charge in [-0.1, -0.05) is 31.5 Å². The summed E-state index contributed by atoms with van der Waals surface area (Å²) in [5.74, 6) is 2.40. The Labute approximate surface area is 144 Å². The predicted molar refractivity (Wildman–Crippen MR) is 98.4 cm³/mol. The van der Waals surface area contributed by atoms with Gasteiger partial charge in [0.1, 0.15) is 11.9 Å². The number of para-hydroxylation sites is 2. The van der Waals surface area contributed by atoms with Crippen LogP contribution < -0.4 is 19.5 Å². The highest BCUT2D eigenvalue weighted by atomic mass is 16.5. The Morgan fingerprint density at radius 3 is 2.58 bits per heavy atom. The molecule has 0 aliphatic heterocycles. The Kier molecular flexibility index (Phi) is 7.27. The van der Waals surface area contributed by atoms with Crippen molar-refractivity contribution in [3.63, 3.8) is 0 Å². The van der Waals surface area contributed by atoms with Crippen molar-refractivity contribution in [3.05, 3.63) is 48.5 Å². The minimum absolute atomic E-state index is 0.00552. The molecule has 0 amide bonds. The highest BCUT2D eigenvalue weighted by molar-refractivity contribution is 5.48. The molecule has 2 aromatic carbocycles. The molecule has 2 aromatic rings. The number of benzene rings is 2. The lowest BCUT2D eigenvalue weighted by molar-refractivity contribution is 0.223. The van der Waals surface area contributed by atoms with Gasteiger partial charge in [0, 0.05) is 11.8 Å². The monoisotopic (exact) mass is 329 g/mol. The minimum atomic E-state index is 0.00552. The molecular weight excluding hydrogens is 302 g/mol. The van der Waals surface area contributed by atoms with Crippen LogP contribution in [0.3, 0.4) is 0 Å². The molecule has 0 aliphatic rings. The van der Waals surface area contributed by atoms with Crippen LogP contribution in [0.25, 0.3) is 0 Å². The number of unbranched alkanes of at least 4 members (excludes halogenated alkanes) is 1. The van der Waals surface area contributed by atoms with Crippen LogP contribution in [0.15, 0.2) is 48.5 Å². The van der Waals surface area contributed by atoms with Crippen molar-refractivity contribution in [2.24, 2.45) is 0 Å². The fourth-order valence-electron chi connectivity index (χ4n) is 2.27. The third-order valence-electron chi connectivity index (χ3n) is 3.59. The highest BCUT2D eigenvalue weighted by Crippen LogP contribution is 2.27. The average molecular weight is 329 g/mol. The van der Waals surface area contributed by atoms with E-state index in [0.717, 1.165) is 42.4 Å². The molecule has 0 bridgehead atoms. The van der Waals surface area contributed by atoms with E-state index in [-0.39, 0.29) is 6.10 Å². The SMILES string of the molecule is CCCCOc1cccc(NCC(C)Oc2ccccc2OC)c1. The fourth-order valence-corrected chi connectivity index (χ4v) is 2.27. The summed E-state index contributed by atoms with van der Waals surface area (Å²) < 4.78 is 17.0. The Morgan fingerprint density at radius 2 is 1.83 bits per heavy atom. The number of hydrogen-bond acceptors (Lipinski definition) is 4. The van der Waals surface area contributed by atoms with Crippen molar-refractivity contribution in [3.8, 4) is 17.2 Å². The molecule has 0 aliphatic carbocycles. The molecule has 0 fully saturated rings. The number of nitrogens with one attached hydrogen (secondary N) is 1. The van der Waals surface area contributed by atoms with Gasteiger partial charge in [-0.3, -0.25) is 0 Å². The van der Waals surface area contributed by atoms with Crippen LogP contribution in [-0.4, -0.2) is 26.4 Å². The summed E-state index contributed by atoms with van der Waals surface area (Å²) in [6.07, 6.45) is 2.21. The molecule has 130 valence electrons. The maximum atomic E-state index is 5.95. The van der Waals surface area contributed by atoms with Crippen LogP contribution in [0.4, 0.5) is 5.69 Å². The van der Waals surface area contributed by atoms with E-state index in [0.29, 0.717) is 6.54 Å². The van der Waals surface area contributed by atoms with Gasteiger partial charge in [-0.2, -0.15) is 0 Å². The molecule has 1 N–H and O–H groups in total. The first kappa shape index (κ1) is 18.0. The van der Waals surface area contributed by atoms with Crippen molar-refractivity contribution in [2.75, 3.05) is 25.6 Å². The van der Waals surface area contributed by atoms with Gasteiger partial charge in [0.2, 0.25) is 0 Å². The second-order valence-corrected chi connectivity index (χ2v) is 5.69. The molecular formula is C20H27NO3. The van der Waals surface area contributed by atoms with Crippen LogP contribution in [0.1, 0.15) is 26.7 Å². The maximum absolute atomic E-state index is 5.95. The standard InChI is InChI=1S/C20H27NO3/c1-4-5-13-23-18-10-8-9-17(14-18)21-15-16(2)24-20-12-7-6-11-19(20)22-3/h6-12,14,16,21H,4-5,13,15H2,1-3H3. The summed E-state index contributed by atoms with van der Waals surface area (Å²) in [7, 11) is 1.65. The first-order valence-electron chi connectivity index (χ1n) is 8.49. The Balaban J connectivity index is 1.85. The summed E-state index contributed by atoms with van der Waals surface area (Å²) in [5, 5.41) is 3.39. The zero-order valence-corrected chi connectivity index (χ0v) is 14.7. The first-order chi connectivity index (χ1) is 11.7. The van der Waals surface area contributed by atoms with Gasteiger partial charge < -0.3 is 19.5 Å². The fraction of sp³-hybridized carbons (Fsp3) is 0.400. The minimum Gasteiger partial charge on any atom is -0.494 e. The number of hydrogen-bond donors (Lipinski definition) is 1. The largest absolute Gasteiger partial charge is 0.494 e. The van der Waals surface area contributed by atoms with Crippen LogP contribution in [0, 0.1) is 0 Å². The number of anilines is 1. The van der Waals surface area contributed by atoms with Gasteiger partial charge in [-0.25, -0.2) is 0 Å². The quantitative estimate of drug-likeness (QED) is 0.638. The summed E-state index contributed by atoms with van der Waals surface area (Å²) in [4.78, 5) is 0. The van der Waals surface area contributed by atoms with E-state index in [1.165, 1.54) is 0 Å². The third kappa shape index (κ3) is 5.69. The Hall–Kier alpha value is -2.36. The van der Waals surface area contributed by atoms with Crippen molar-refractivity contribution in [1.29, 1.82) is 0 Å². The third-order valence-corrected chi connectivity index (χ3v) is 3.59. The van der Waals surface area contributed by atoms with Gasteiger partial charge in [-0.15, -0.1) is 0 Å². The Morgan fingerprint density at radius 1 is 1.04 bits per heavy atom. The molecule has 1 unspecified atom stereocenters. The van der Waals surface area contributed by atoms with E-state index >= 15 is 0 Å². The van der Waals surface area contributed by atoms with E-state index in [2.05, 4.69) is 12.2 Å². The molecule has 0 radical (unpaired) electrons. The van der Waals surface area contributed by atoms with Gasteiger partial charge in [0.05, 0.1) is 20.3 Å². The second-order valence-electron chi connectivity index (χ2n) is 5.69. The number of rotatable bonds is 10. The molecule has 4 heteroatoms. The molecule has 0 saturated carbocycles. The lowest BCUT2D eigenvalue weighted by Crippen LogP contribution is -2.22. The lowest BCUT2D eigenvalue weighted by atomic mass is 10.2. The van der Waals surface area contributed by atoms with Crippen molar-refractivity contribution in [1.82, 2.24) is 0 Å². The van der Waals surface area contributed by atoms with Crippen LogP contribution >= 0.6 is 0 Å². The van der Waals surface area contributed by atoms with Crippen molar-refractivity contribution < 1.29 is 14.2 Å². The highest BCUT2D eigenvalue weighted by Gasteiger charge is 2.08. The van der Waals surface area contributed by atoms with Crippen LogP contribution in [0.5, 0.6) is 17.2 Å².